The lowest BCUT2D eigenvalue weighted by Gasteiger charge is -2.40. The normalized spacial score (nSPS) is 29.6. The van der Waals surface area contributed by atoms with E-state index in [-0.39, 0.29) is 22.5 Å². The minimum atomic E-state index is -1.43. The zero-order valence-electron chi connectivity index (χ0n) is 16.5. The number of ether oxygens (including phenoxy) is 1. The van der Waals surface area contributed by atoms with Crippen molar-refractivity contribution in [2.24, 2.45) is 16.7 Å². The number of ketones is 1. The third-order valence-electron chi connectivity index (χ3n) is 7.82. The molecule has 28 heavy (non-hydrogen) atoms. The van der Waals surface area contributed by atoms with Crippen molar-refractivity contribution in [1.82, 2.24) is 0 Å². The van der Waals surface area contributed by atoms with E-state index in [1.54, 1.807) is 0 Å². The van der Waals surface area contributed by atoms with Crippen molar-refractivity contribution < 1.29 is 14.3 Å². The summed E-state index contributed by atoms with van der Waals surface area (Å²) in [5.74, 6) is 0.182. The van der Waals surface area contributed by atoms with Crippen LogP contribution < -0.4 is 0 Å². The van der Waals surface area contributed by atoms with Crippen LogP contribution in [-0.4, -0.2) is 11.8 Å². The second kappa shape index (κ2) is 5.44. The van der Waals surface area contributed by atoms with E-state index in [1.807, 2.05) is 60.7 Å². The number of hydrogen-bond donors (Lipinski definition) is 0. The monoisotopic (exact) mass is 372 g/mol. The number of esters is 1. The molecule has 2 aliphatic carbocycles. The second-order valence-corrected chi connectivity index (χ2v) is 9.09. The first kappa shape index (κ1) is 17.4. The molecule has 1 heterocycles. The van der Waals surface area contributed by atoms with Gasteiger partial charge in [-0.05, 0) is 35.3 Å². The SMILES string of the molecule is CC12CCC(C3=C1OC(=O)C(c1ccccc1)(c1ccccc1)C3=O)C2(C)C. The van der Waals surface area contributed by atoms with Gasteiger partial charge >= 0.3 is 5.97 Å². The van der Waals surface area contributed by atoms with Crippen LogP contribution in [0, 0.1) is 16.7 Å². The lowest BCUT2D eigenvalue weighted by molar-refractivity contribution is -0.152. The number of rotatable bonds is 2. The van der Waals surface area contributed by atoms with Gasteiger partial charge in [0, 0.05) is 11.0 Å². The summed E-state index contributed by atoms with van der Waals surface area (Å²) in [6, 6.07) is 18.7. The molecule has 0 spiro atoms. The molecule has 0 aromatic heterocycles. The van der Waals surface area contributed by atoms with Crippen molar-refractivity contribution in [2.75, 3.05) is 0 Å². The lowest BCUT2D eigenvalue weighted by Crippen LogP contribution is -2.51. The number of allylic oxidation sites excluding steroid dienone is 2. The van der Waals surface area contributed by atoms with Gasteiger partial charge in [-0.2, -0.15) is 0 Å². The topological polar surface area (TPSA) is 43.4 Å². The molecule has 3 heteroatoms. The smallest absolute Gasteiger partial charge is 0.334 e. The summed E-state index contributed by atoms with van der Waals surface area (Å²) in [6.45, 7) is 6.56. The number of carbonyl (C=O) groups excluding carboxylic acids is 2. The van der Waals surface area contributed by atoms with E-state index in [0.29, 0.717) is 16.9 Å². The molecule has 1 fully saturated rings. The fourth-order valence-corrected chi connectivity index (χ4v) is 5.80. The van der Waals surface area contributed by atoms with Crippen molar-refractivity contribution >= 4 is 11.8 Å². The summed E-state index contributed by atoms with van der Waals surface area (Å²) in [7, 11) is 0. The Morgan fingerprint density at radius 3 is 1.93 bits per heavy atom. The van der Waals surface area contributed by atoms with E-state index >= 15 is 0 Å². The predicted molar refractivity (Wildman–Crippen MR) is 106 cm³/mol. The van der Waals surface area contributed by atoms with Gasteiger partial charge < -0.3 is 4.74 Å². The van der Waals surface area contributed by atoms with Gasteiger partial charge in [-0.3, -0.25) is 4.79 Å². The Morgan fingerprint density at radius 2 is 1.39 bits per heavy atom. The molecule has 3 aliphatic rings. The largest absolute Gasteiger partial charge is 0.429 e. The number of hydrogen-bond acceptors (Lipinski definition) is 3. The average Bonchev–Trinajstić information content (AvgIpc) is 3.02. The molecule has 2 aromatic carbocycles. The minimum absolute atomic E-state index is 0.0994. The van der Waals surface area contributed by atoms with Crippen LogP contribution in [0.3, 0.4) is 0 Å². The first-order valence-electron chi connectivity index (χ1n) is 9.98. The van der Waals surface area contributed by atoms with Gasteiger partial charge in [0.25, 0.3) is 0 Å². The van der Waals surface area contributed by atoms with Gasteiger partial charge in [0.2, 0.25) is 0 Å². The summed E-state index contributed by atoms with van der Waals surface area (Å²) in [5, 5.41) is 0. The fourth-order valence-electron chi connectivity index (χ4n) is 5.80. The molecule has 2 atom stereocenters. The van der Waals surface area contributed by atoms with Crippen molar-refractivity contribution in [3.05, 3.63) is 83.1 Å². The Kier molecular flexibility index (Phi) is 3.38. The molecule has 0 saturated heterocycles. The Bertz CT molecular complexity index is 977. The van der Waals surface area contributed by atoms with E-state index < -0.39 is 11.4 Å². The Labute approximate surface area is 165 Å². The van der Waals surface area contributed by atoms with Gasteiger partial charge in [-0.25, -0.2) is 4.79 Å². The van der Waals surface area contributed by atoms with Gasteiger partial charge in [0.05, 0.1) is 0 Å². The molecule has 142 valence electrons. The van der Waals surface area contributed by atoms with Crippen LogP contribution in [0.5, 0.6) is 0 Å². The zero-order valence-corrected chi connectivity index (χ0v) is 16.5. The summed E-state index contributed by atoms with van der Waals surface area (Å²) < 4.78 is 6.10. The molecule has 1 aliphatic heterocycles. The Hall–Kier alpha value is -2.68. The van der Waals surface area contributed by atoms with Crippen LogP contribution >= 0.6 is 0 Å². The second-order valence-electron chi connectivity index (χ2n) is 9.09. The Balaban J connectivity index is 1.80. The highest BCUT2D eigenvalue weighted by atomic mass is 16.5. The molecule has 2 unspecified atom stereocenters. The van der Waals surface area contributed by atoms with Crippen molar-refractivity contribution in [3.63, 3.8) is 0 Å². The van der Waals surface area contributed by atoms with Crippen molar-refractivity contribution in [3.8, 4) is 0 Å². The van der Waals surface area contributed by atoms with E-state index in [4.69, 9.17) is 4.74 Å². The third kappa shape index (κ3) is 1.80. The van der Waals surface area contributed by atoms with E-state index in [0.717, 1.165) is 18.4 Å². The van der Waals surface area contributed by atoms with E-state index in [2.05, 4.69) is 20.8 Å². The maximum atomic E-state index is 14.2. The van der Waals surface area contributed by atoms with E-state index in [1.165, 1.54) is 0 Å². The number of fused-ring (bicyclic) bond motifs is 4. The maximum Gasteiger partial charge on any atom is 0.334 e. The molecule has 0 amide bonds. The van der Waals surface area contributed by atoms with Gasteiger partial charge in [0.1, 0.15) is 5.76 Å². The highest BCUT2D eigenvalue weighted by Crippen LogP contribution is 2.70. The molecule has 2 aromatic rings. The molecular weight excluding hydrogens is 348 g/mol. The molecule has 0 radical (unpaired) electrons. The predicted octanol–water partition coefficient (Wildman–Crippen LogP) is 4.81. The van der Waals surface area contributed by atoms with Gasteiger partial charge in [0.15, 0.2) is 11.2 Å². The first-order valence-corrected chi connectivity index (χ1v) is 9.98. The van der Waals surface area contributed by atoms with Crippen LogP contribution in [0.1, 0.15) is 44.7 Å². The maximum absolute atomic E-state index is 14.2. The molecular formula is C25H24O3. The van der Waals surface area contributed by atoms with Crippen molar-refractivity contribution in [1.29, 1.82) is 0 Å². The third-order valence-corrected chi connectivity index (χ3v) is 7.82. The summed E-state index contributed by atoms with van der Waals surface area (Å²) in [5.41, 5.74) is 0.292. The van der Waals surface area contributed by atoms with Crippen LogP contribution in [0.25, 0.3) is 0 Å². The molecule has 5 rings (SSSR count). The van der Waals surface area contributed by atoms with Crippen LogP contribution in [-0.2, 0) is 19.7 Å². The standard InChI is InChI=1S/C25H24O3/c1-23(2)18-14-15-24(23,3)21-19(18)20(26)25(22(27)28-21,16-10-6-4-7-11-16)17-12-8-5-9-13-17/h4-13,18H,14-15H2,1-3H3. The summed E-state index contributed by atoms with van der Waals surface area (Å²) in [4.78, 5) is 27.8. The van der Waals surface area contributed by atoms with Crippen molar-refractivity contribution in [2.45, 2.75) is 39.0 Å². The van der Waals surface area contributed by atoms with Crippen LogP contribution in [0.4, 0.5) is 0 Å². The highest BCUT2D eigenvalue weighted by Gasteiger charge is 2.69. The molecule has 1 saturated carbocycles. The summed E-state index contributed by atoms with van der Waals surface area (Å²) in [6.07, 6.45) is 1.92. The lowest BCUT2D eigenvalue weighted by atomic mass is 9.66. The summed E-state index contributed by atoms with van der Waals surface area (Å²) >= 11 is 0. The average molecular weight is 372 g/mol. The fraction of sp³-hybridized carbons (Fsp3) is 0.360. The van der Waals surface area contributed by atoms with Gasteiger partial charge in [-0.15, -0.1) is 0 Å². The van der Waals surface area contributed by atoms with Gasteiger partial charge in [-0.1, -0.05) is 81.4 Å². The minimum Gasteiger partial charge on any atom is -0.429 e. The van der Waals surface area contributed by atoms with Crippen LogP contribution in [0.2, 0.25) is 0 Å². The molecule has 3 nitrogen and oxygen atoms in total. The van der Waals surface area contributed by atoms with E-state index in [9.17, 15) is 9.59 Å². The number of Topliss-reactive ketones (excluding diaryl/α,β-unsaturated/α-hetero) is 1. The van der Waals surface area contributed by atoms with Crippen LogP contribution in [0.15, 0.2) is 72.0 Å². The zero-order chi connectivity index (χ0) is 19.7. The number of benzene rings is 2. The highest BCUT2D eigenvalue weighted by molar-refractivity contribution is 6.22. The number of carbonyl (C=O) groups is 2. The molecule has 0 N–H and O–H groups in total. The quantitative estimate of drug-likeness (QED) is 0.561. The molecule has 2 bridgehead atoms. The Morgan fingerprint density at radius 1 is 0.857 bits per heavy atom. The first-order chi connectivity index (χ1) is 13.3.